The van der Waals surface area contributed by atoms with E-state index in [0.29, 0.717) is 6.42 Å². The van der Waals surface area contributed by atoms with Crippen molar-refractivity contribution in [1.82, 2.24) is 20.7 Å². The second kappa shape index (κ2) is 18.8. The Balaban J connectivity index is 0.887. The van der Waals surface area contributed by atoms with E-state index in [2.05, 4.69) is 71.4 Å². The number of benzene rings is 3. The summed E-state index contributed by atoms with van der Waals surface area (Å²) in [6.07, 6.45) is 14.4. The van der Waals surface area contributed by atoms with Crippen molar-refractivity contribution in [3.05, 3.63) is 84.2 Å². The minimum atomic E-state index is -0.646. The van der Waals surface area contributed by atoms with Crippen molar-refractivity contribution in [2.45, 2.75) is 123 Å². The number of hydrogen-bond donors (Lipinski definition) is 2. The predicted molar refractivity (Wildman–Crippen MR) is 246 cm³/mol. The highest BCUT2D eigenvalue weighted by Gasteiger charge is 2.40. The van der Waals surface area contributed by atoms with Crippen molar-refractivity contribution in [3.8, 4) is 11.1 Å². The number of carbonyl (C=O) groups is 4. The molecule has 0 radical (unpaired) electrons. The summed E-state index contributed by atoms with van der Waals surface area (Å²) in [5.74, 6) is -0.323. The number of fused-ring (bicyclic) bond motifs is 1. The Bertz CT molecular complexity index is 2320. The summed E-state index contributed by atoms with van der Waals surface area (Å²) in [5.41, 5.74) is 11.6. The number of aliphatic imine (C=N–C) groups is 2. The number of carbonyl (C=O) groups excluding carboxylic acids is 4. The minimum Gasteiger partial charge on any atom is -0.452 e. The minimum absolute atomic E-state index is 0.0264. The van der Waals surface area contributed by atoms with Crippen LogP contribution in [0.5, 0.6) is 0 Å². The van der Waals surface area contributed by atoms with E-state index in [-0.39, 0.29) is 66.1 Å². The lowest BCUT2D eigenvalue weighted by Crippen LogP contribution is -2.54. The van der Waals surface area contributed by atoms with E-state index in [0.717, 1.165) is 121 Å². The molecule has 1 unspecified atom stereocenters. The van der Waals surface area contributed by atoms with Crippen LogP contribution in [0.25, 0.3) is 33.0 Å². The van der Waals surface area contributed by atoms with Gasteiger partial charge in [0.05, 0.1) is 13.7 Å². The topological polar surface area (TPSA) is 133 Å². The van der Waals surface area contributed by atoms with Gasteiger partial charge in [0, 0.05) is 78.5 Å². The van der Waals surface area contributed by atoms with Gasteiger partial charge in [-0.1, -0.05) is 74.2 Å². The molecule has 8 rings (SSSR count). The second-order valence-electron chi connectivity index (χ2n) is 18.6. The van der Waals surface area contributed by atoms with Crippen LogP contribution in [-0.4, -0.2) is 76.9 Å². The van der Waals surface area contributed by atoms with Gasteiger partial charge in [0.25, 0.3) is 0 Å². The molecule has 62 heavy (non-hydrogen) atoms. The van der Waals surface area contributed by atoms with E-state index < -0.39 is 6.09 Å². The highest BCUT2D eigenvalue weighted by atomic mass is 16.5. The molecule has 3 fully saturated rings. The molecule has 11 nitrogen and oxygen atoms in total. The number of ether oxygens (including phenoxy) is 1. The second-order valence-corrected chi connectivity index (χ2v) is 18.6. The number of nitrogens with one attached hydrogen (secondary N) is 2. The van der Waals surface area contributed by atoms with Gasteiger partial charge in [0.15, 0.2) is 0 Å². The fourth-order valence-electron chi connectivity index (χ4n) is 10.00. The zero-order valence-corrected chi connectivity index (χ0v) is 37.0. The molecule has 3 aromatic carbocycles. The third-order valence-electron chi connectivity index (χ3n) is 13.7. The molecule has 3 aromatic rings. The van der Waals surface area contributed by atoms with Gasteiger partial charge in [0.1, 0.15) is 0 Å². The molecular formula is C51H62N6O5. The fraction of sp³-hybridized carbons (Fsp3) is 0.490. The molecule has 0 aromatic heterocycles. The monoisotopic (exact) mass is 838 g/mol. The van der Waals surface area contributed by atoms with Gasteiger partial charge in [0.2, 0.25) is 17.7 Å². The number of rotatable bonds is 12. The first kappa shape index (κ1) is 43.1. The number of allylic oxidation sites excluding steroid dienone is 2. The van der Waals surface area contributed by atoms with Gasteiger partial charge < -0.3 is 15.0 Å². The molecule has 3 saturated carbocycles. The summed E-state index contributed by atoms with van der Waals surface area (Å²) in [4.78, 5) is 64.2. The largest absolute Gasteiger partial charge is 0.452 e. The van der Waals surface area contributed by atoms with Crippen LogP contribution in [0, 0.1) is 23.7 Å². The molecule has 2 heterocycles. The van der Waals surface area contributed by atoms with Crippen molar-refractivity contribution >= 4 is 57.2 Å². The summed E-state index contributed by atoms with van der Waals surface area (Å²) in [7, 11) is 1.30. The summed E-state index contributed by atoms with van der Waals surface area (Å²) >= 11 is 0. The van der Waals surface area contributed by atoms with E-state index in [9.17, 15) is 19.2 Å². The van der Waals surface area contributed by atoms with E-state index in [1.165, 1.54) is 17.7 Å². The Morgan fingerprint density at radius 3 is 1.73 bits per heavy atom. The molecule has 11 heteroatoms. The van der Waals surface area contributed by atoms with Gasteiger partial charge in [-0.25, -0.2) is 15.2 Å². The van der Waals surface area contributed by atoms with Gasteiger partial charge in [-0.15, -0.1) is 0 Å². The van der Waals surface area contributed by atoms with Crippen LogP contribution in [0.15, 0.2) is 83.0 Å². The van der Waals surface area contributed by atoms with Crippen LogP contribution in [0.4, 0.5) is 4.79 Å². The molecule has 4 atom stereocenters. The Labute approximate surface area is 366 Å². The first-order valence-electron chi connectivity index (χ1n) is 22.9. The highest BCUT2D eigenvalue weighted by Crippen LogP contribution is 2.40. The van der Waals surface area contributed by atoms with Crippen LogP contribution >= 0.6 is 0 Å². The van der Waals surface area contributed by atoms with Crippen LogP contribution in [-0.2, 0) is 19.1 Å². The standard InChI is InChI=1S/C51H62N6O5/c1-31(2)56(30-48(58)54-41-22-23-41)49(59)44-12-8-6-10-42(44)46-26-39(28-52-46)34-16-14-33(15-17-34)35-18-19-37-25-38(21-20-36(37)24-35)40-27-47(53-29-40)43-11-7-9-13-45(43)50(60)57(32(3)4)55-51(61)62-5/h14-21,24-25,28-29,31-32,41-45H,6-13,22-23,26-27,30H2,1-5H3,(H,54,58)(H,55,61)/t42-,43?,44+,45-/m1/s1. The number of nitrogens with zero attached hydrogens (tertiary/aromatic N) is 4. The van der Waals surface area contributed by atoms with E-state index in [4.69, 9.17) is 14.7 Å². The van der Waals surface area contributed by atoms with Crippen LogP contribution < -0.4 is 10.7 Å². The average Bonchev–Trinajstić information content (AvgIpc) is 3.72. The first-order chi connectivity index (χ1) is 30.0. The maximum Gasteiger partial charge on any atom is 0.425 e. The van der Waals surface area contributed by atoms with Crippen LogP contribution in [0.1, 0.15) is 116 Å². The average molecular weight is 839 g/mol. The molecule has 0 bridgehead atoms. The molecule has 2 aliphatic heterocycles. The summed E-state index contributed by atoms with van der Waals surface area (Å²) in [6.45, 7) is 7.90. The van der Waals surface area contributed by atoms with Crippen molar-refractivity contribution in [3.63, 3.8) is 0 Å². The number of amides is 4. The lowest BCUT2D eigenvalue weighted by molar-refractivity contribution is -0.143. The number of methoxy groups -OCH3 is 1. The predicted octanol–water partition coefficient (Wildman–Crippen LogP) is 9.51. The van der Waals surface area contributed by atoms with Crippen molar-refractivity contribution < 1.29 is 23.9 Å². The Kier molecular flexibility index (Phi) is 13.1. The molecule has 5 aliphatic rings. The zero-order valence-electron chi connectivity index (χ0n) is 37.0. The molecule has 0 spiro atoms. The smallest absolute Gasteiger partial charge is 0.425 e. The van der Waals surface area contributed by atoms with Crippen molar-refractivity contribution in [2.75, 3.05) is 13.7 Å². The number of hydrazine groups is 1. The van der Waals surface area contributed by atoms with Gasteiger partial charge >= 0.3 is 6.09 Å². The Hall–Kier alpha value is -5.58. The maximum absolute atomic E-state index is 14.0. The molecule has 0 saturated heterocycles. The van der Waals surface area contributed by atoms with Crippen molar-refractivity contribution in [2.24, 2.45) is 33.7 Å². The Morgan fingerprint density at radius 2 is 1.16 bits per heavy atom. The highest BCUT2D eigenvalue weighted by molar-refractivity contribution is 6.04. The quantitative estimate of drug-likeness (QED) is 0.176. The van der Waals surface area contributed by atoms with E-state index >= 15 is 0 Å². The van der Waals surface area contributed by atoms with Crippen LogP contribution in [0.3, 0.4) is 0 Å². The zero-order chi connectivity index (χ0) is 43.5. The maximum atomic E-state index is 14.0. The first-order valence-corrected chi connectivity index (χ1v) is 22.9. The van der Waals surface area contributed by atoms with Gasteiger partial charge in [-0.2, -0.15) is 0 Å². The van der Waals surface area contributed by atoms with E-state index in [1.54, 1.807) is 4.90 Å². The molecule has 4 amide bonds. The molecule has 3 aliphatic carbocycles. The lowest BCUT2D eigenvalue weighted by Gasteiger charge is -2.36. The SMILES string of the molecule is COC(=O)NN(C(=O)[C@@H]1CCCCC1C1=NC=C(c2ccc3cc(-c4ccc(C5=CN=C([C@@H]6CCCC[C@@H]6C(=O)N(CC(=O)NC6CC6)C(C)C)C5)cc4)ccc3c2)C1)C(C)C. The Morgan fingerprint density at radius 1 is 0.645 bits per heavy atom. The third kappa shape index (κ3) is 9.57. The summed E-state index contributed by atoms with van der Waals surface area (Å²) < 4.78 is 4.79. The number of hydrogen-bond acceptors (Lipinski definition) is 7. The third-order valence-corrected chi connectivity index (χ3v) is 13.7. The molecular weight excluding hydrogens is 777 g/mol. The van der Waals surface area contributed by atoms with Gasteiger partial charge in [-0.05, 0) is 123 Å². The lowest BCUT2D eigenvalue weighted by atomic mass is 9.74. The summed E-state index contributed by atoms with van der Waals surface area (Å²) in [5, 5.41) is 6.79. The molecule has 326 valence electrons. The van der Waals surface area contributed by atoms with Gasteiger partial charge in [-0.3, -0.25) is 24.4 Å². The normalized spacial score (nSPS) is 22.4. The summed E-state index contributed by atoms with van der Waals surface area (Å²) in [6, 6.07) is 21.9. The van der Waals surface area contributed by atoms with Crippen molar-refractivity contribution in [1.29, 1.82) is 0 Å². The molecule has 2 N–H and O–H groups in total. The fourth-order valence-corrected chi connectivity index (χ4v) is 10.00. The van der Waals surface area contributed by atoms with Crippen LogP contribution in [0.2, 0.25) is 0 Å². The van der Waals surface area contributed by atoms with E-state index in [1.807, 2.05) is 40.1 Å².